The second kappa shape index (κ2) is 10.7. The fourth-order valence-corrected chi connectivity index (χ4v) is 5.85. The first-order chi connectivity index (χ1) is 17.2. The lowest BCUT2D eigenvalue weighted by Crippen LogP contribution is -2.40. The van der Waals surface area contributed by atoms with Crippen LogP contribution in [-0.2, 0) is 22.6 Å². The molecule has 5 heteroatoms. The number of nitrogens with zero attached hydrogens (tertiary/aromatic N) is 3. The van der Waals surface area contributed by atoms with Gasteiger partial charge in [-0.05, 0) is 67.3 Å². The summed E-state index contributed by atoms with van der Waals surface area (Å²) in [6.07, 6.45) is 9.60. The van der Waals surface area contributed by atoms with Gasteiger partial charge in [0.05, 0.1) is 11.6 Å². The third-order valence-electron chi connectivity index (χ3n) is 7.76. The fourth-order valence-electron chi connectivity index (χ4n) is 5.85. The van der Waals surface area contributed by atoms with Gasteiger partial charge in [0.25, 0.3) is 0 Å². The van der Waals surface area contributed by atoms with E-state index < -0.39 is 0 Å². The first kappa shape index (κ1) is 23.6. The highest BCUT2D eigenvalue weighted by molar-refractivity contribution is 5.85. The van der Waals surface area contributed by atoms with Crippen LogP contribution < -0.4 is 0 Å². The van der Waals surface area contributed by atoms with Gasteiger partial charge in [-0.2, -0.15) is 5.26 Å². The molecule has 2 aromatic carbocycles. The predicted octanol–water partition coefficient (Wildman–Crippen LogP) is 6.01. The largest absolute Gasteiger partial charge is 0.385 e. The number of hydrogen-bond donors (Lipinski definition) is 0. The molecular weight excluding hydrogens is 434 g/mol. The molecule has 0 bridgehead atoms. The summed E-state index contributed by atoms with van der Waals surface area (Å²) >= 11 is 0. The zero-order chi connectivity index (χ0) is 24.2. The first-order valence-electron chi connectivity index (χ1n) is 13.1. The highest BCUT2D eigenvalue weighted by atomic mass is 16.5. The van der Waals surface area contributed by atoms with Crippen LogP contribution in [-0.4, -0.2) is 35.1 Å². The Labute approximate surface area is 208 Å². The van der Waals surface area contributed by atoms with Gasteiger partial charge < -0.3 is 14.2 Å². The van der Waals surface area contributed by atoms with E-state index in [2.05, 4.69) is 52.1 Å². The van der Waals surface area contributed by atoms with E-state index >= 15 is 0 Å². The topological polar surface area (TPSA) is 58.3 Å². The molecule has 2 aliphatic carbocycles. The van der Waals surface area contributed by atoms with Crippen LogP contribution >= 0.6 is 0 Å². The Kier molecular flexibility index (Phi) is 7.20. The number of para-hydroxylation sites is 1. The molecule has 0 spiro atoms. The number of nitriles is 1. The van der Waals surface area contributed by atoms with E-state index in [1.54, 1.807) is 7.11 Å². The van der Waals surface area contributed by atoms with E-state index in [4.69, 9.17) is 4.74 Å². The highest BCUT2D eigenvalue weighted by Crippen LogP contribution is 2.41. The summed E-state index contributed by atoms with van der Waals surface area (Å²) < 4.78 is 7.58. The molecule has 0 saturated heterocycles. The van der Waals surface area contributed by atoms with Crippen molar-refractivity contribution in [1.29, 1.82) is 5.26 Å². The summed E-state index contributed by atoms with van der Waals surface area (Å²) in [7, 11) is 1.74. The van der Waals surface area contributed by atoms with E-state index in [0.29, 0.717) is 24.1 Å². The molecule has 2 saturated carbocycles. The molecule has 1 heterocycles. The average Bonchev–Trinajstić information content (AvgIpc) is 3.69. The van der Waals surface area contributed by atoms with Gasteiger partial charge in [0.2, 0.25) is 5.91 Å². The number of carbonyl (C=O) groups is 1. The summed E-state index contributed by atoms with van der Waals surface area (Å²) in [5, 5.41) is 10.6. The van der Waals surface area contributed by atoms with E-state index in [1.165, 1.54) is 16.5 Å². The van der Waals surface area contributed by atoms with Crippen molar-refractivity contribution in [3.8, 4) is 6.07 Å². The van der Waals surface area contributed by atoms with Crippen LogP contribution in [0.3, 0.4) is 0 Å². The number of methoxy groups -OCH3 is 1. The van der Waals surface area contributed by atoms with E-state index in [1.807, 2.05) is 18.2 Å². The van der Waals surface area contributed by atoms with Gasteiger partial charge in [-0.1, -0.05) is 43.2 Å². The smallest absolute Gasteiger partial charge is 0.226 e. The van der Waals surface area contributed by atoms with Gasteiger partial charge in [-0.25, -0.2) is 0 Å². The van der Waals surface area contributed by atoms with Crippen LogP contribution in [0.5, 0.6) is 0 Å². The van der Waals surface area contributed by atoms with E-state index in [-0.39, 0.29) is 11.8 Å². The number of hydrogen-bond acceptors (Lipinski definition) is 3. The summed E-state index contributed by atoms with van der Waals surface area (Å²) in [6.45, 7) is 2.32. The molecule has 2 aliphatic rings. The SMILES string of the molecule is COCCCn1cc(CN(C(=O)[C@H]2CCCC[C@@H]2c2cccc(C#N)c2)C2CC2)c2ccccc21. The van der Waals surface area contributed by atoms with Crippen molar-refractivity contribution in [2.45, 2.75) is 70.0 Å². The second-order valence-electron chi connectivity index (χ2n) is 10.1. The maximum atomic E-state index is 14.1. The highest BCUT2D eigenvalue weighted by Gasteiger charge is 2.40. The molecule has 5 rings (SSSR count). The maximum absolute atomic E-state index is 14.1. The maximum Gasteiger partial charge on any atom is 0.226 e. The number of fused-ring (bicyclic) bond motifs is 1. The van der Waals surface area contributed by atoms with Gasteiger partial charge in [-0.3, -0.25) is 4.79 Å². The molecule has 3 aromatic rings. The third kappa shape index (κ3) is 5.13. The number of amides is 1. The number of rotatable bonds is 9. The van der Waals surface area contributed by atoms with Gasteiger partial charge in [0, 0.05) is 55.9 Å². The van der Waals surface area contributed by atoms with Crippen LogP contribution in [0.15, 0.2) is 54.7 Å². The Morgan fingerprint density at radius 1 is 1.11 bits per heavy atom. The molecule has 0 N–H and O–H groups in total. The lowest BCUT2D eigenvalue weighted by atomic mass is 9.74. The Morgan fingerprint density at radius 2 is 1.94 bits per heavy atom. The van der Waals surface area contributed by atoms with E-state index in [0.717, 1.165) is 63.7 Å². The Balaban J connectivity index is 1.41. The van der Waals surface area contributed by atoms with Gasteiger partial charge >= 0.3 is 0 Å². The second-order valence-corrected chi connectivity index (χ2v) is 10.1. The van der Waals surface area contributed by atoms with Crippen molar-refractivity contribution >= 4 is 16.8 Å². The minimum absolute atomic E-state index is 0.00616. The number of aromatic nitrogens is 1. The van der Waals surface area contributed by atoms with Crippen molar-refractivity contribution in [2.24, 2.45) is 5.92 Å². The van der Waals surface area contributed by atoms with Crippen LogP contribution in [0.4, 0.5) is 0 Å². The Morgan fingerprint density at radius 3 is 2.74 bits per heavy atom. The lowest BCUT2D eigenvalue weighted by molar-refractivity contribution is -0.138. The number of ether oxygens (including phenoxy) is 1. The lowest BCUT2D eigenvalue weighted by Gasteiger charge is -2.35. The van der Waals surface area contributed by atoms with Crippen molar-refractivity contribution in [3.05, 3.63) is 71.4 Å². The Bertz CT molecular complexity index is 1220. The van der Waals surface area contributed by atoms with Crippen LogP contribution in [0, 0.1) is 17.2 Å². The molecule has 0 radical (unpaired) electrons. The number of carbonyl (C=O) groups excluding carboxylic acids is 1. The van der Waals surface area contributed by atoms with Crippen molar-refractivity contribution < 1.29 is 9.53 Å². The molecule has 2 fully saturated rings. The number of aryl methyl sites for hydroxylation is 1. The van der Waals surface area contributed by atoms with Crippen LogP contribution in [0.1, 0.15) is 67.6 Å². The third-order valence-corrected chi connectivity index (χ3v) is 7.76. The summed E-state index contributed by atoms with van der Waals surface area (Å²) in [4.78, 5) is 16.3. The fraction of sp³-hybridized carbons (Fsp3) is 0.467. The normalized spacial score (nSPS) is 20.0. The summed E-state index contributed by atoms with van der Waals surface area (Å²) in [5.41, 5.74) is 4.29. The molecule has 0 aliphatic heterocycles. The molecule has 35 heavy (non-hydrogen) atoms. The quantitative estimate of drug-likeness (QED) is 0.360. The minimum Gasteiger partial charge on any atom is -0.385 e. The molecule has 2 atom stereocenters. The van der Waals surface area contributed by atoms with Crippen molar-refractivity contribution in [3.63, 3.8) is 0 Å². The van der Waals surface area contributed by atoms with Gasteiger partial charge in [0.15, 0.2) is 0 Å². The zero-order valence-electron chi connectivity index (χ0n) is 20.7. The van der Waals surface area contributed by atoms with Crippen molar-refractivity contribution in [1.82, 2.24) is 9.47 Å². The monoisotopic (exact) mass is 469 g/mol. The van der Waals surface area contributed by atoms with Gasteiger partial charge in [0.1, 0.15) is 0 Å². The van der Waals surface area contributed by atoms with Crippen LogP contribution in [0.2, 0.25) is 0 Å². The minimum atomic E-state index is -0.00616. The summed E-state index contributed by atoms with van der Waals surface area (Å²) in [5.74, 6) is 0.491. The summed E-state index contributed by atoms with van der Waals surface area (Å²) in [6, 6.07) is 19.1. The molecule has 182 valence electrons. The Hall–Kier alpha value is -3.10. The van der Waals surface area contributed by atoms with Gasteiger partial charge in [-0.15, -0.1) is 0 Å². The molecule has 5 nitrogen and oxygen atoms in total. The molecule has 1 amide bonds. The molecular formula is C30H35N3O2. The van der Waals surface area contributed by atoms with Crippen LogP contribution in [0.25, 0.3) is 10.9 Å². The molecule has 1 aromatic heterocycles. The first-order valence-corrected chi connectivity index (χ1v) is 13.1. The van der Waals surface area contributed by atoms with Crippen molar-refractivity contribution in [2.75, 3.05) is 13.7 Å². The number of benzene rings is 2. The molecule has 0 unspecified atom stereocenters. The standard InChI is InChI=1S/C30H35N3O2/c1-35-17-7-16-32-20-24(27-11-4-5-13-29(27)32)21-33(25-14-15-25)30(34)28-12-3-2-10-26(28)23-9-6-8-22(18-23)19-31/h4-6,8-9,11,13,18,20,25-26,28H,2-3,7,10,12,14-17,21H2,1H3/t26-,28+/m1/s1. The predicted molar refractivity (Wildman–Crippen MR) is 138 cm³/mol. The van der Waals surface area contributed by atoms with E-state index in [9.17, 15) is 10.1 Å². The zero-order valence-corrected chi connectivity index (χ0v) is 20.7. The average molecular weight is 470 g/mol.